The van der Waals surface area contributed by atoms with E-state index in [9.17, 15) is 9.59 Å². The smallest absolute Gasteiger partial charge is 0.410 e. The molecule has 0 radical (unpaired) electrons. The highest BCUT2D eigenvalue weighted by Gasteiger charge is 2.41. The summed E-state index contributed by atoms with van der Waals surface area (Å²) in [7, 11) is 0. The van der Waals surface area contributed by atoms with E-state index in [-0.39, 0.29) is 24.5 Å². The van der Waals surface area contributed by atoms with Gasteiger partial charge in [-0.2, -0.15) is 0 Å². The normalized spacial score (nSPS) is 28.2. The van der Waals surface area contributed by atoms with E-state index in [0.717, 1.165) is 19.3 Å². The number of fused-ring (bicyclic) bond motifs is 2. The Morgan fingerprint density at radius 2 is 1.83 bits per heavy atom. The molecule has 1 amide bonds. The molecule has 0 aliphatic carbocycles. The number of halogens is 3. The molecule has 2 heterocycles. The average molecular weight is 315 g/mol. The molecule has 2 atom stereocenters. The van der Waals surface area contributed by atoms with Gasteiger partial charge in [-0.3, -0.25) is 4.79 Å². The molecule has 0 aromatic carbocycles. The van der Waals surface area contributed by atoms with Gasteiger partial charge in [0.2, 0.25) is 3.79 Å². The molecule has 0 aromatic rings. The second-order valence-electron chi connectivity index (χ2n) is 4.76. The van der Waals surface area contributed by atoms with E-state index in [1.165, 1.54) is 0 Å². The van der Waals surface area contributed by atoms with E-state index >= 15 is 0 Å². The van der Waals surface area contributed by atoms with Crippen molar-refractivity contribution in [2.45, 2.75) is 48.0 Å². The van der Waals surface area contributed by atoms with Gasteiger partial charge in [0, 0.05) is 24.9 Å². The van der Waals surface area contributed by atoms with Crippen molar-refractivity contribution in [3.05, 3.63) is 0 Å². The molecule has 0 spiro atoms. The van der Waals surface area contributed by atoms with Crippen molar-refractivity contribution in [3.8, 4) is 0 Å². The summed E-state index contributed by atoms with van der Waals surface area (Å²) in [6.45, 7) is -0.277. The zero-order valence-corrected chi connectivity index (χ0v) is 12.0. The van der Waals surface area contributed by atoms with Crippen LogP contribution in [0.1, 0.15) is 32.1 Å². The Morgan fingerprint density at radius 1 is 1.28 bits per heavy atom. The van der Waals surface area contributed by atoms with Crippen LogP contribution >= 0.6 is 34.8 Å². The largest absolute Gasteiger partial charge is 0.445 e. The van der Waals surface area contributed by atoms with Gasteiger partial charge in [0.05, 0.1) is 0 Å². The maximum absolute atomic E-state index is 12.0. The topological polar surface area (TPSA) is 46.6 Å². The summed E-state index contributed by atoms with van der Waals surface area (Å²) < 4.78 is 3.40. The summed E-state index contributed by atoms with van der Waals surface area (Å²) in [6, 6.07) is -0.0965. The van der Waals surface area contributed by atoms with Crippen LogP contribution in [0.15, 0.2) is 0 Å². The first-order valence-corrected chi connectivity index (χ1v) is 7.04. The number of hydrogen-bond acceptors (Lipinski definition) is 3. The Balaban J connectivity index is 1.99. The lowest BCUT2D eigenvalue weighted by Gasteiger charge is -2.44. The lowest BCUT2D eigenvalue weighted by Crippen LogP contribution is -2.55. The molecule has 2 saturated heterocycles. The number of ketones is 1. The molecule has 0 N–H and O–H groups in total. The van der Waals surface area contributed by atoms with Gasteiger partial charge in [0.15, 0.2) is 0 Å². The summed E-state index contributed by atoms with van der Waals surface area (Å²) in [5, 5.41) is 0. The van der Waals surface area contributed by atoms with E-state index < -0.39 is 9.89 Å². The van der Waals surface area contributed by atoms with E-state index in [4.69, 9.17) is 39.5 Å². The third-order valence-corrected chi connectivity index (χ3v) is 3.69. The molecule has 0 saturated carbocycles. The molecular weight excluding hydrogens is 300 g/mol. The van der Waals surface area contributed by atoms with Crippen LogP contribution in [0.3, 0.4) is 0 Å². The molecule has 102 valence electrons. The van der Waals surface area contributed by atoms with Crippen molar-refractivity contribution in [1.82, 2.24) is 4.90 Å². The lowest BCUT2D eigenvalue weighted by atomic mass is 9.84. The first-order chi connectivity index (χ1) is 8.37. The summed E-state index contributed by atoms with van der Waals surface area (Å²) in [5.74, 6) is 0.218. The number of hydrogen-bond donors (Lipinski definition) is 0. The second kappa shape index (κ2) is 5.43. The highest BCUT2D eigenvalue weighted by Crippen LogP contribution is 2.33. The van der Waals surface area contributed by atoms with Crippen molar-refractivity contribution < 1.29 is 14.3 Å². The predicted molar refractivity (Wildman–Crippen MR) is 69.1 cm³/mol. The third-order valence-electron chi connectivity index (χ3n) is 3.36. The van der Waals surface area contributed by atoms with E-state index in [1.54, 1.807) is 4.90 Å². The van der Waals surface area contributed by atoms with E-state index in [1.807, 2.05) is 0 Å². The van der Waals surface area contributed by atoms with Crippen LogP contribution in [0.2, 0.25) is 0 Å². The highest BCUT2D eigenvalue weighted by atomic mass is 35.6. The number of ether oxygens (including phenoxy) is 1. The number of carbonyl (C=O) groups is 2. The quantitative estimate of drug-likeness (QED) is 0.699. The maximum Gasteiger partial charge on any atom is 0.410 e. The number of amides is 1. The van der Waals surface area contributed by atoms with Gasteiger partial charge in [-0.05, 0) is 19.3 Å². The SMILES string of the molecule is O=C1CC2CCCC(C1)N2C(=O)OCC(Cl)(Cl)Cl. The summed E-state index contributed by atoms with van der Waals surface area (Å²) >= 11 is 16.6. The summed E-state index contributed by atoms with van der Waals surface area (Å²) in [4.78, 5) is 25.2. The fraction of sp³-hybridized carbons (Fsp3) is 0.818. The van der Waals surface area contributed by atoms with Gasteiger partial charge in [0.25, 0.3) is 0 Å². The van der Waals surface area contributed by atoms with Crippen LogP contribution in [-0.2, 0) is 9.53 Å². The highest BCUT2D eigenvalue weighted by molar-refractivity contribution is 6.67. The van der Waals surface area contributed by atoms with Crippen molar-refractivity contribution >= 4 is 46.7 Å². The minimum Gasteiger partial charge on any atom is -0.445 e. The van der Waals surface area contributed by atoms with Crippen molar-refractivity contribution in [3.63, 3.8) is 0 Å². The maximum atomic E-state index is 12.0. The number of rotatable bonds is 1. The fourth-order valence-corrected chi connectivity index (χ4v) is 2.86. The van der Waals surface area contributed by atoms with Crippen LogP contribution in [0, 0.1) is 0 Å². The first kappa shape index (κ1) is 14.2. The number of carbonyl (C=O) groups excluding carboxylic acids is 2. The van der Waals surface area contributed by atoms with Crippen LogP contribution in [0.5, 0.6) is 0 Å². The molecule has 0 aromatic heterocycles. The first-order valence-electron chi connectivity index (χ1n) is 5.90. The molecule has 2 fully saturated rings. The molecule has 2 aliphatic heterocycles. The molecule has 2 rings (SSSR count). The number of Topliss-reactive ketones (excluding diaryl/α,β-unsaturated/α-hetero) is 1. The molecule has 2 aliphatic rings. The van der Waals surface area contributed by atoms with Gasteiger partial charge < -0.3 is 9.64 Å². The predicted octanol–water partition coefficient (Wildman–Crippen LogP) is 3.08. The van der Waals surface area contributed by atoms with E-state index in [2.05, 4.69) is 0 Å². The summed E-state index contributed by atoms with van der Waals surface area (Å²) in [5.41, 5.74) is 0. The average Bonchev–Trinajstić information content (AvgIpc) is 2.23. The Kier molecular flexibility index (Phi) is 4.29. The Labute approximate surface area is 120 Å². The van der Waals surface area contributed by atoms with Gasteiger partial charge in [-0.1, -0.05) is 34.8 Å². The Morgan fingerprint density at radius 3 is 2.33 bits per heavy atom. The number of piperidine rings is 2. The molecule has 2 unspecified atom stereocenters. The van der Waals surface area contributed by atoms with Crippen molar-refractivity contribution in [2.24, 2.45) is 0 Å². The Hall–Kier alpha value is -0.190. The fourth-order valence-electron chi connectivity index (χ4n) is 2.69. The summed E-state index contributed by atoms with van der Waals surface area (Å²) in [6.07, 6.45) is 3.06. The number of alkyl halides is 3. The van der Waals surface area contributed by atoms with Gasteiger partial charge in [-0.15, -0.1) is 0 Å². The van der Waals surface area contributed by atoms with Crippen molar-refractivity contribution in [1.29, 1.82) is 0 Å². The van der Waals surface area contributed by atoms with Crippen LogP contribution < -0.4 is 0 Å². The zero-order valence-electron chi connectivity index (χ0n) is 9.70. The number of nitrogens with zero attached hydrogens (tertiary/aromatic N) is 1. The molecule has 7 heteroatoms. The molecular formula is C11H14Cl3NO3. The van der Waals surface area contributed by atoms with Crippen molar-refractivity contribution in [2.75, 3.05) is 6.61 Å². The zero-order chi connectivity index (χ0) is 13.3. The molecule has 2 bridgehead atoms. The van der Waals surface area contributed by atoms with Crippen LogP contribution in [0.4, 0.5) is 4.79 Å². The van der Waals surface area contributed by atoms with Crippen LogP contribution in [-0.4, -0.2) is 39.3 Å². The van der Waals surface area contributed by atoms with Gasteiger partial charge >= 0.3 is 6.09 Å². The standard InChI is InChI=1S/C11H14Cl3NO3/c12-11(13,14)6-18-10(17)15-7-2-1-3-8(15)5-9(16)4-7/h7-8H,1-6H2. The second-order valence-corrected chi connectivity index (χ2v) is 7.28. The van der Waals surface area contributed by atoms with Gasteiger partial charge in [-0.25, -0.2) is 4.79 Å². The minimum absolute atomic E-state index is 0.0483. The minimum atomic E-state index is -1.60. The monoisotopic (exact) mass is 313 g/mol. The molecule has 4 nitrogen and oxygen atoms in total. The Bertz CT molecular complexity index is 340. The molecule has 18 heavy (non-hydrogen) atoms. The van der Waals surface area contributed by atoms with E-state index in [0.29, 0.717) is 12.8 Å². The lowest BCUT2D eigenvalue weighted by molar-refractivity contribution is -0.126. The third kappa shape index (κ3) is 3.43. The van der Waals surface area contributed by atoms with Gasteiger partial charge in [0.1, 0.15) is 12.4 Å². The van der Waals surface area contributed by atoms with Crippen LogP contribution in [0.25, 0.3) is 0 Å².